The molecule has 2 aromatic carbocycles. The maximum atomic E-state index is 12.5. The Balaban J connectivity index is 2.39. The molecule has 114 valence electrons. The monoisotopic (exact) mass is 314 g/mol. The minimum Gasteiger partial charge on any atom is -0.279 e. The summed E-state index contributed by atoms with van der Waals surface area (Å²) in [5.74, 6) is 0.254. The molecule has 0 fully saturated rings. The van der Waals surface area contributed by atoms with E-state index in [1.54, 1.807) is 24.3 Å². The molecule has 5 heteroatoms. The van der Waals surface area contributed by atoms with Gasteiger partial charge in [-0.25, -0.2) is 8.42 Å². The number of benzene rings is 2. The van der Waals surface area contributed by atoms with Crippen LogP contribution in [0.4, 0.5) is 5.69 Å². The molecule has 4 nitrogen and oxygen atoms in total. The first-order chi connectivity index (χ1) is 10.5. The predicted octanol–water partition coefficient (Wildman–Crippen LogP) is 3.87. The summed E-state index contributed by atoms with van der Waals surface area (Å²) >= 11 is 0. The van der Waals surface area contributed by atoms with Gasteiger partial charge in [-0.3, -0.25) is 4.72 Å². The van der Waals surface area contributed by atoms with Crippen molar-refractivity contribution in [2.24, 2.45) is 0 Å². The molecular weight excluding hydrogens is 296 g/mol. The predicted molar refractivity (Wildman–Crippen MR) is 87.1 cm³/mol. The van der Waals surface area contributed by atoms with Gasteiger partial charge in [-0.1, -0.05) is 38.1 Å². The maximum absolute atomic E-state index is 12.5. The summed E-state index contributed by atoms with van der Waals surface area (Å²) in [4.78, 5) is 0.0884. The summed E-state index contributed by atoms with van der Waals surface area (Å²) in [5.41, 5.74) is 1.86. The van der Waals surface area contributed by atoms with Gasteiger partial charge in [0.15, 0.2) is 0 Å². The van der Waals surface area contributed by atoms with E-state index in [-0.39, 0.29) is 10.8 Å². The van der Waals surface area contributed by atoms with Crippen molar-refractivity contribution < 1.29 is 8.42 Å². The molecule has 2 rings (SSSR count). The first-order valence-electron chi connectivity index (χ1n) is 7.10. The quantitative estimate of drug-likeness (QED) is 0.910. The first kappa shape index (κ1) is 16.1. The number of sulfonamides is 1. The Hall–Kier alpha value is -2.32. The van der Waals surface area contributed by atoms with Crippen LogP contribution >= 0.6 is 0 Å². The molecule has 0 radical (unpaired) electrons. The number of para-hydroxylation sites is 1. The van der Waals surface area contributed by atoms with Gasteiger partial charge in [-0.05, 0) is 42.2 Å². The van der Waals surface area contributed by atoms with Crippen LogP contribution in [0.3, 0.4) is 0 Å². The lowest BCUT2D eigenvalue weighted by Gasteiger charge is -2.16. The highest BCUT2D eigenvalue weighted by Gasteiger charge is 2.17. The van der Waals surface area contributed by atoms with Crippen molar-refractivity contribution in [1.82, 2.24) is 0 Å². The van der Waals surface area contributed by atoms with Crippen molar-refractivity contribution in [1.29, 1.82) is 5.26 Å². The number of nitrogens with zero attached hydrogens (tertiary/aromatic N) is 1. The second-order valence-electron chi connectivity index (χ2n) is 5.14. The zero-order chi connectivity index (χ0) is 16.2. The third-order valence-corrected chi connectivity index (χ3v) is 4.99. The standard InChI is InChI=1S/C17H18N2O2S/c1-3-13(2)16-9-4-5-10-17(16)19-22(20,21)15-8-6-7-14(11-15)12-18/h4-11,13,19H,3H2,1-2H3/t13-/m0/s1. The number of rotatable bonds is 5. The van der Waals surface area contributed by atoms with Crippen LogP contribution in [-0.4, -0.2) is 8.42 Å². The van der Waals surface area contributed by atoms with E-state index >= 15 is 0 Å². The lowest BCUT2D eigenvalue weighted by molar-refractivity contribution is 0.601. The molecule has 22 heavy (non-hydrogen) atoms. The summed E-state index contributed by atoms with van der Waals surface area (Å²) in [6.45, 7) is 4.12. The Morgan fingerprint density at radius 1 is 1.18 bits per heavy atom. The van der Waals surface area contributed by atoms with Crippen LogP contribution < -0.4 is 4.72 Å². The Labute approximate surface area is 131 Å². The summed E-state index contributed by atoms with van der Waals surface area (Å²) < 4.78 is 27.7. The second kappa shape index (κ2) is 6.63. The molecule has 0 aromatic heterocycles. The zero-order valence-corrected chi connectivity index (χ0v) is 13.4. The highest BCUT2D eigenvalue weighted by Crippen LogP contribution is 2.28. The topological polar surface area (TPSA) is 70.0 Å². The van der Waals surface area contributed by atoms with Crippen LogP contribution in [0.2, 0.25) is 0 Å². The summed E-state index contributed by atoms with van der Waals surface area (Å²) in [6.07, 6.45) is 0.919. The van der Waals surface area contributed by atoms with Gasteiger partial charge < -0.3 is 0 Å². The Bertz CT molecular complexity index is 807. The van der Waals surface area contributed by atoms with Crippen LogP contribution in [0.5, 0.6) is 0 Å². The number of hydrogen-bond acceptors (Lipinski definition) is 3. The molecule has 0 unspecified atom stereocenters. The van der Waals surface area contributed by atoms with E-state index < -0.39 is 10.0 Å². The zero-order valence-electron chi connectivity index (χ0n) is 12.6. The van der Waals surface area contributed by atoms with E-state index in [1.807, 2.05) is 18.2 Å². The van der Waals surface area contributed by atoms with Crippen LogP contribution in [0.1, 0.15) is 37.3 Å². The fourth-order valence-corrected chi connectivity index (χ4v) is 3.31. The van der Waals surface area contributed by atoms with Crippen LogP contribution in [0, 0.1) is 11.3 Å². The smallest absolute Gasteiger partial charge is 0.261 e. The third-order valence-electron chi connectivity index (χ3n) is 3.62. The maximum Gasteiger partial charge on any atom is 0.261 e. The van der Waals surface area contributed by atoms with Crippen molar-refractivity contribution in [3.8, 4) is 6.07 Å². The minimum absolute atomic E-state index is 0.0884. The van der Waals surface area contributed by atoms with Gasteiger partial charge >= 0.3 is 0 Å². The molecule has 0 aliphatic heterocycles. The van der Waals surface area contributed by atoms with Gasteiger partial charge in [-0.15, -0.1) is 0 Å². The van der Waals surface area contributed by atoms with E-state index in [9.17, 15) is 8.42 Å². The van der Waals surface area contributed by atoms with Gasteiger partial charge in [0.2, 0.25) is 0 Å². The lowest BCUT2D eigenvalue weighted by atomic mass is 9.97. The number of hydrogen-bond donors (Lipinski definition) is 1. The fraction of sp³-hybridized carbons (Fsp3) is 0.235. The van der Waals surface area contributed by atoms with E-state index in [4.69, 9.17) is 5.26 Å². The van der Waals surface area contributed by atoms with Gasteiger partial charge in [-0.2, -0.15) is 5.26 Å². The SMILES string of the molecule is CC[C@H](C)c1ccccc1NS(=O)(=O)c1cccc(C#N)c1. The van der Waals surface area contributed by atoms with Crippen LogP contribution in [-0.2, 0) is 10.0 Å². The summed E-state index contributed by atoms with van der Waals surface area (Å²) in [5, 5.41) is 8.90. The fourth-order valence-electron chi connectivity index (χ4n) is 2.18. The molecule has 0 saturated heterocycles. The molecule has 0 bridgehead atoms. The second-order valence-corrected chi connectivity index (χ2v) is 6.82. The largest absolute Gasteiger partial charge is 0.279 e. The molecule has 0 spiro atoms. The normalized spacial score (nSPS) is 12.4. The van der Waals surface area contributed by atoms with E-state index in [0.717, 1.165) is 12.0 Å². The van der Waals surface area contributed by atoms with E-state index in [1.165, 1.54) is 12.1 Å². The molecular formula is C17H18N2O2S. The molecule has 0 aliphatic carbocycles. The highest BCUT2D eigenvalue weighted by molar-refractivity contribution is 7.92. The number of anilines is 1. The van der Waals surface area contributed by atoms with E-state index in [0.29, 0.717) is 11.3 Å². The average molecular weight is 314 g/mol. The molecule has 1 N–H and O–H groups in total. The molecule has 1 atom stereocenters. The van der Waals surface area contributed by atoms with Crippen molar-refractivity contribution in [3.05, 3.63) is 59.7 Å². The molecule has 0 heterocycles. The van der Waals surface area contributed by atoms with Crippen LogP contribution in [0.25, 0.3) is 0 Å². The molecule has 0 saturated carbocycles. The molecule has 0 amide bonds. The summed E-state index contributed by atoms with van der Waals surface area (Å²) in [7, 11) is -3.71. The van der Waals surface area contributed by atoms with Gasteiger partial charge in [0, 0.05) is 0 Å². The van der Waals surface area contributed by atoms with Crippen molar-refractivity contribution in [3.63, 3.8) is 0 Å². The Kier molecular flexibility index (Phi) is 4.84. The van der Waals surface area contributed by atoms with Gasteiger partial charge in [0.05, 0.1) is 22.2 Å². The van der Waals surface area contributed by atoms with Crippen molar-refractivity contribution >= 4 is 15.7 Å². The Morgan fingerprint density at radius 2 is 1.91 bits per heavy atom. The number of nitriles is 1. The Morgan fingerprint density at radius 3 is 2.59 bits per heavy atom. The third kappa shape index (κ3) is 3.46. The van der Waals surface area contributed by atoms with Crippen LogP contribution in [0.15, 0.2) is 53.4 Å². The van der Waals surface area contributed by atoms with Crippen molar-refractivity contribution in [2.75, 3.05) is 4.72 Å². The van der Waals surface area contributed by atoms with Gasteiger partial charge in [0.1, 0.15) is 0 Å². The summed E-state index contributed by atoms with van der Waals surface area (Å²) in [6, 6.07) is 15.3. The highest BCUT2D eigenvalue weighted by atomic mass is 32.2. The first-order valence-corrected chi connectivity index (χ1v) is 8.58. The van der Waals surface area contributed by atoms with Crippen molar-refractivity contribution in [2.45, 2.75) is 31.1 Å². The minimum atomic E-state index is -3.71. The van der Waals surface area contributed by atoms with Gasteiger partial charge in [0.25, 0.3) is 10.0 Å². The lowest BCUT2D eigenvalue weighted by Crippen LogP contribution is -2.15. The average Bonchev–Trinajstić information content (AvgIpc) is 2.54. The van der Waals surface area contributed by atoms with E-state index in [2.05, 4.69) is 18.6 Å². The number of nitrogens with one attached hydrogen (secondary N) is 1. The molecule has 0 aliphatic rings. The molecule has 2 aromatic rings.